The number of likely N-dealkylation sites (N-methyl/N-ethyl adjacent to an activating group) is 1. The van der Waals surface area contributed by atoms with Crippen LogP contribution in [-0.2, 0) is 9.53 Å². The first kappa shape index (κ1) is 17.8. The lowest BCUT2D eigenvalue weighted by atomic mass is 10.2. The molecule has 2 amide bonds. The van der Waals surface area contributed by atoms with Crippen molar-refractivity contribution in [2.75, 3.05) is 19.6 Å². The first-order chi connectivity index (χ1) is 9.65. The molecule has 0 unspecified atom stereocenters. The Morgan fingerprint density at radius 2 is 2.05 bits per heavy atom. The van der Waals surface area contributed by atoms with Crippen LogP contribution in [-0.4, -0.2) is 59.1 Å². The second-order valence-corrected chi connectivity index (χ2v) is 6.64. The summed E-state index contributed by atoms with van der Waals surface area (Å²) in [5.41, 5.74) is 5.16. The van der Waals surface area contributed by atoms with E-state index < -0.39 is 11.6 Å². The molecule has 0 bridgehead atoms. The van der Waals surface area contributed by atoms with E-state index in [4.69, 9.17) is 10.5 Å². The van der Waals surface area contributed by atoms with E-state index in [-0.39, 0.29) is 18.0 Å². The molecule has 1 saturated heterocycles. The number of hydrogen-bond acceptors (Lipinski definition) is 4. The van der Waals surface area contributed by atoms with Crippen molar-refractivity contribution in [1.82, 2.24) is 9.80 Å². The third-order valence-corrected chi connectivity index (χ3v) is 3.52. The predicted octanol–water partition coefficient (Wildman–Crippen LogP) is 1.58. The number of nitrogens with zero attached hydrogens (tertiary/aromatic N) is 2. The molecular weight excluding hydrogens is 270 g/mol. The summed E-state index contributed by atoms with van der Waals surface area (Å²) in [5, 5.41) is 0. The van der Waals surface area contributed by atoms with Crippen LogP contribution in [0.3, 0.4) is 0 Å². The monoisotopic (exact) mass is 299 g/mol. The second kappa shape index (κ2) is 7.11. The number of ether oxygens (including phenoxy) is 1. The molecule has 6 nitrogen and oxygen atoms in total. The minimum Gasteiger partial charge on any atom is -0.444 e. The molecule has 1 aliphatic rings. The third kappa shape index (κ3) is 5.19. The molecule has 0 aromatic heterocycles. The van der Waals surface area contributed by atoms with E-state index in [1.165, 1.54) is 0 Å². The summed E-state index contributed by atoms with van der Waals surface area (Å²) < 4.78 is 5.43. The zero-order chi connectivity index (χ0) is 16.2. The summed E-state index contributed by atoms with van der Waals surface area (Å²) in [6.45, 7) is 11.0. The first-order valence-corrected chi connectivity index (χ1v) is 7.69. The van der Waals surface area contributed by atoms with Crippen LogP contribution >= 0.6 is 0 Å². The predicted molar refractivity (Wildman–Crippen MR) is 81.9 cm³/mol. The average Bonchev–Trinajstić information content (AvgIpc) is 2.81. The number of carbonyl (C=O) groups is 2. The molecule has 1 fully saturated rings. The first-order valence-electron chi connectivity index (χ1n) is 7.69. The van der Waals surface area contributed by atoms with Crippen molar-refractivity contribution in [2.45, 2.75) is 65.1 Å². The van der Waals surface area contributed by atoms with Crippen molar-refractivity contribution in [1.29, 1.82) is 0 Å². The molecule has 122 valence electrons. The highest BCUT2D eigenvalue weighted by Crippen LogP contribution is 2.21. The third-order valence-electron chi connectivity index (χ3n) is 3.52. The number of nitrogens with two attached hydrogens (primary N) is 1. The number of rotatable bonds is 4. The molecule has 1 aliphatic heterocycles. The van der Waals surface area contributed by atoms with Gasteiger partial charge in [0, 0.05) is 19.6 Å². The van der Waals surface area contributed by atoms with Crippen LogP contribution in [0.2, 0.25) is 0 Å². The lowest BCUT2D eigenvalue weighted by Gasteiger charge is -2.32. The van der Waals surface area contributed by atoms with Gasteiger partial charge < -0.3 is 20.3 Å². The molecule has 2 N–H and O–H groups in total. The second-order valence-electron chi connectivity index (χ2n) is 6.64. The maximum absolute atomic E-state index is 12.2. The molecule has 0 radical (unpaired) electrons. The summed E-state index contributed by atoms with van der Waals surface area (Å²) in [6.07, 6.45) is 1.53. The van der Waals surface area contributed by atoms with E-state index in [2.05, 4.69) is 0 Å². The van der Waals surface area contributed by atoms with Crippen molar-refractivity contribution in [3.8, 4) is 0 Å². The smallest absolute Gasteiger partial charge is 0.410 e. The fraction of sp³-hybridized carbons (Fsp3) is 0.867. The van der Waals surface area contributed by atoms with Crippen LogP contribution in [0.15, 0.2) is 0 Å². The van der Waals surface area contributed by atoms with Crippen LogP contribution < -0.4 is 5.73 Å². The molecule has 21 heavy (non-hydrogen) atoms. The van der Waals surface area contributed by atoms with Crippen LogP contribution in [0, 0.1) is 0 Å². The van der Waals surface area contributed by atoms with E-state index in [9.17, 15) is 9.59 Å². The van der Waals surface area contributed by atoms with Crippen molar-refractivity contribution in [3.63, 3.8) is 0 Å². The number of amides is 2. The lowest BCUT2D eigenvalue weighted by Crippen LogP contribution is -2.49. The number of carbonyl (C=O) groups excluding carboxylic acids is 2. The van der Waals surface area contributed by atoms with Gasteiger partial charge in [-0.05, 0) is 47.5 Å². The Bertz CT molecular complexity index is 377. The summed E-state index contributed by atoms with van der Waals surface area (Å²) in [7, 11) is 0. The van der Waals surface area contributed by atoms with Gasteiger partial charge in [0.25, 0.3) is 0 Å². The fourth-order valence-electron chi connectivity index (χ4n) is 2.50. The van der Waals surface area contributed by atoms with E-state index >= 15 is 0 Å². The van der Waals surface area contributed by atoms with E-state index in [1.807, 2.05) is 27.7 Å². The average molecular weight is 299 g/mol. The van der Waals surface area contributed by atoms with E-state index in [0.29, 0.717) is 19.6 Å². The Balaban J connectivity index is 2.68. The van der Waals surface area contributed by atoms with E-state index in [0.717, 1.165) is 12.8 Å². The van der Waals surface area contributed by atoms with Gasteiger partial charge in [0.1, 0.15) is 5.60 Å². The Morgan fingerprint density at radius 1 is 1.43 bits per heavy atom. The summed E-state index contributed by atoms with van der Waals surface area (Å²) >= 11 is 0. The van der Waals surface area contributed by atoms with Crippen molar-refractivity contribution in [2.24, 2.45) is 5.73 Å². The number of likely N-dealkylation sites (tertiary alicyclic amines) is 1. The molecular formula is C15H29N3O3. The summed E-state index contributed by atoms with van der Waals surface area (Å²) in [5.74, 6) is -0.0754. The van der Waals surface area contributed by atoms with Gasteiger partial charge in [-0.1, -0.05) is 0 Å². The quantitative estimate of drug-likeness (QED) is 0.855. The summed E-state index contributed by atoms with van der Waals surface area (Å²) in [6, 6.07) is -0.496. The Morgan fingerprint density at radius 3 is 2.52 bits per heavy atom. The van der Waals surface area contributed by atoms with Gasteiger partial charge >= 0.3 is 6.09 Å². The standard InChI is InChI=1S/C15H29N3O3/c1-6-17(13(19)11(2)16)10-12-8-7-9-18(12)14(20)21-15(3,4)5/h11-12H,6-10,16H2,1-5H3/t11-,12+/m0/s1. The largest absolute Gasteiger partial charge is 0.444 e. The molecule has 1 heterocycles. The Kier molecular flexibility index (Phi) is 6.01. The van der Waals surface area contributed by atoms with Crippen LogP contribution in [0.4, 0.5) is 4.79 Å². The zero-order valence-corrected chi connectivity index (χ0v) is 13.9. The van der Waals surface area contributed by atoms with Crippen LogP contribution in [0.1, 0.15) is 47.5 Å². The molecule has 0 aromatic carbocycles. The Hall–Kier alpha value is -1.30. The van der Waals surface area contributed by atoms with Crippen LogP contribution in [0.5, 0.6) is 0 Å². The van der Waals surface area contributed by atoms with Crippen molar-refractivity contribution < 1.29 is 14.3 Å². The van der Waals surface area contributed by atoms with E-state index in [1.54, 1.807) is 16.7 Å². The van der Waals surface area contributed by atoms with Crippen molar-refractivity contribution >= 4 is 12.0 Å². The maximum Gasteiger partial charge on any atom is 0.410 e. The van der Waals surface area contributed by atoms with Gasteiger partial charge in [-0.2, -0.15) is 0 Å². The minimum absolute atomic E-state index is 0.0162. The van der Waals surface area contributed by atoms with Crippen LogP contribution in [0.25, 0.3) is 0 Å². The molecule has 0 aliphatic carbocycles. The SMILES string of the molecule is CCN(C[C@H]1CCCN1C(=O)OC(C)(C)C)C(=O)[C@H](C)N. The molecule has 2 atom stereocenters. The lowest BCUT2D eigenvalue weighted by molar-refractivity contribution is -0.132. The van der Waals surface area contributed by atoms with Crippen molar-refractivity contribution in [3.05, 3.63) is 0 Å². The highest BCUT2D eigenvalue weighted by atomic mass is 16.6. The topological polar surface area (TPSA) is 75.9 Å². The van der Waals surface area contributed by atoms with Gasteiger partial charge in [0.2, 0.25) is 5.91 Å². The van der Waals surface area contributed by atoms with Gasteiger partial charge in [0.15, 0.2) is 0 Å². The van der Waals surface area contributed by atoms with Gasteiger partial charge in [-0.15, -0.1) is 0 Å². The maximum atomic E-state index is 12.2. The minimum atomic E-state index is -0.513. The highest BCUT2D eigenvalue weighted by molar-refractivity contribution is 5.81. The zero-order valence-electron chi connectivity index (χ0n) is 13.9. The number of hydrogen-bond donors (Lipinski definition) is 1. The summed E-state index contributed by atoms with van der Waals surface area (Å²) in [4.78, 5) is 27.7. The molecule has 1 rings (SSSR count). The van der Waals surface area contributed by atoms with Gasteiger partial charge in [-0.25, -0.2) is 4.79 Å². The normalized spacial score (nSPS) is 20.3. The van der Waals surface area contributed by atoms with Gasteiger partial charge in [-0.3, -0.25) is 4.79 Å². The molecule has 6 heteroatoms. The fourth-order valence-corrected chi connectivity index (χ4v) is 2.50. The Labute approximate surface area is 127 Å². The molecule has 0 saturated carbocycles. The van der Waals surface area contributed by atoms with Gasteiger partial charge in [0.05, 0.1) is 12.1 Å². The molecule has 0 aromatic rings. The molecule has 0 spiro atoms. The highest BCUT2D eigenvalue weighted by Gasteiger charge is 2.34.